The summed E-state index contributed by atoms with van der Waals surface area (Å²) in [5.74, 6) is -2.22. The van der Waals surface area contributed by atoms with Gasteiger partial charge in [0.15, 0.2) is 0 Å². The van der Waals surface area contributed by atoms with E-state index in [2.05, 4.69) is 16.0 Å². The van der Waals surface area contributed by atoms with E-state index in [0.717, 1.165) is 16.6 Å². The zero-order valence-corrected chi connectivity index (χ0v) is 17.7. The molecule has 2 aromatic carbocycles. The molecule has 158 valence electrons. The number of nitriles is 1. The summed E-state index contributed by atoms with van der Waals surface area (Å²) in [6.07, 6.45) is 0.487. The van der Waals surface area contributed by atoms with Crippen LogP contribution < -0.4 is 11.5 Å². The van der Waals surface area contributed by atoms with E-state index in [4.69, 9.17) is 16.7 Å². The molecule has 0 aliphatic rings. The molecule has 7 nitrogen and oxygen atoms in total. The number of nitrogens with two attached hydrogens (primary N) is 2. The lowest BCUT2D eigenvalue weighted by atomic mass is 9.97. The molecule has 2 amide bonds. The monoisotopic (exact) mass is 445 g/mol. The van der Waals surface area contributed by atoms with Crippen molar-refractivity contribution < 1.29 is 14.0 Å². The number of benzene rings is 2. The summed E-state index contributed by atoms with van der Waals surface area (Å²) in [6.45, 7) is 1.75. The number of aryl methyl sites for hydroxylation is 1. The van der Waals surface area contributed by atoms with Gasteiger partial charge in [-0.2, -0.15) is 5.26 Å². The minimum atomic E-state index is -0.866. The summed E-state index contributed by atoms with van der Waals surface area (Å²) >= 11 is 1.29. The molecule has 0 bridgehead atoms. The maximum absolute atomic E-state index is 13.7. The second-order valence-electron chi connectivity index (χ2n) is 7.11. The van der Waals surface area contributed by atoms with Crippen molar-refractivity contribution in [1.29, 1.82) is 5.26 Å². The van der Waals surface area contributed by atoms with E-state index in [1.54, 1.807) is 19.1 Å². The Bertz CT molecular complexity index is 1440. The molecular weight excluding hydrogens is 429 g/mol. The standard InChI is InChI=1S/C23H16FN5O2S/c1-11-21(32-17(28-11)8-12-2-4-13(10-25)5-3-12)19-18(22(26)30)15-7-6-14(24)9-16(15)29-20(19)23(27)31/h2-7,9H,8H2,1H3,(H2,26,30)(H2,27,31). The lowest BCUT2D eigenvalue weighted by Gasteiger charge is -2.13. The number of carbonyl (C=O) groups is 2. The molecule has 0 atom stereocenters. The maximum atomic E-state index is 13.7. The van der Waals surface area contributed by atoms with Gasteiger partial charge in [0.25, 0.3) is 5.91 Å². The second-order valence-corrected chi connectivity index (χ2v) is 8.19. The van der Waals surface area contributed by atoms with Gasteiger partial charge in [-0.15, -0.1) is 11.3 Å². The van der Waals surface area contributed by atoms with Gasteiger partial charge < -0.3 is 11.5 Å². The lowest BCUT2D eigenvalue weighted by Crippen LogP contribution is -2.20. The highest BCUT2D eigenvalue weighted by Crippen LogP contribution is 2.38. The van der Waals surface area contributed by atoms with Crippen LogP contribution in [0.25, 0.3) is 21.3 Å². The Morgan fingerprint density at radius 2 is 1.81 bits per heavy atom. The molecule has 2 aromatic heterocycles. The Balaban J connectivity index is 1.91. The van der Waals surface area contributed by atoms with E-state index in [0.29, 0.717) is 27.9 Å². The summed E-state index contributed by atoms with van der Waals surface area (Å²) in [5, 5.41) is 10.0. The average molecular weight is 445 g/mol. The maximum Gasteiger partial charge on any atom is 0.268 e. The van der Waals surface area contributed by atoms with Crippen LogP contribution in [0.3, 0.4) is 0 Å². The van der Waals surface area contributed by atoms with E-state index in [1.807, 2.05) is 12.1 Å². The van der Waals surface area contributed by atoms with E-state index in [9.17, 15) is 14.0 Å². The molecule has 0 fully saturated rings. The summed E-state index contributed by atoms with van der Waals surface area (Å²) in [7, 11) is 0. The third-order valence-electron chi connectivity index (χ3n) is 4.93. The third kappa shape index (κ3) is 3.79. The van der Waals surface area contributed by atoms with Crippen LogP contribution in [0.15, 0.2) is 42.5 Å². The van der Waals surface area contributed by atoms with Gasteiger partial charge >= 0.3 is 0 Å². The first-order valence-corrected chi connectivity index (χ1v) is 10.3. The normalized spacial score (nSPS) is 10.8. The van der Waals surface area contributed by atoms with Gasteiger partial charge in [-0.05, 0) is 36.8 Å². The molecule has 32 heavy (non-hydrogen) atoms. The van der Waals surface area contributed by atoms with Crippen molar-refractivity contribution in [2.24, 2.45) is 11.5 Å². The molecule has 2 heterocycles. The first kappa shape index (κ1) is 21.1. The first-order chi connectivity index (χ1) is 15.3. The van der Waals surface area contributed by atoms with Crippen LogP contribution >= 0.6 is 11.3 Å². The van der Waals surface area contributed by atoms with Gasteiger partial charge in [0.1, 0.15) is 11.5 Å². The Kier molecular flexibility index (Phi) is 5.38. The number of fused-ring (bicyclic) bond motifs is 1. The molecule has 4 N–H and O–H groups in total. The summed E-state index contributed by atoms with van der Waals surface area (Å²) in [4.78, 5) is 34.0. The van der Waals surface area contributed by atoms with Crippen molar-refractivity contribution in [3.8, 4) is 16.5 Å². The van der Waals surface area contributed by atoms with Crippen LogP contribution in [0.2, 0.25) is 0 Å². The number of carbonyl (C=O) groups excluding carboxylic acids is 2. The smallest absolute Gasteiger partial charge is 0.268 e. The van der Waals surface area contributed by atoms with E-state index < -0.39 is 17.6 Å². The van der Waals surface area contributed by atoms with E-state index in [-0.39, 0.29) is 22.3 Å². The van der Waals surface area contributed by atoms with Crippen LogP contribution in [0.5, 0.6) is 0 Å². The summed E-state index contributed by atoms with van der Waals surface area (Å²) in [5.41, 5.74) is 13.5. The summed E-state index contributed by atoms with van der Waals surface area (Å²) in [6, 6.07) is 12.9. The topological polar surface area (TPSA) is 136 Å². The zero-order valence-electron chi connectivity index (χ0n) is 16.8. The zero-order chi connectivity index (χ0) is 23.0. The van der Waals surface area contributed by atoms with Crippen molar-refractivity contribution in [1.82, 2.24) is 9.97 Å². The Labute approximate surface area is 186 Å². The highest BCUT2D eigenvalue weighted by atomic mass is 32.1. The van der Waals surface area contributed by atoms with Crippen molar-refractivity contribution in [3.63, 3.8) is 0 Å². The van der Waals surface area contributed by atoms with Crippen LogP contribution in [0.1, 0.15) is 42.7 Å². The second kappa shape index (κ2) is 8.17. The summed E-state index contributed by atoms with van der Waals surface area (Å²) < 4.78 is 13.7. The van der Waals surface area contributed by atoms with Gasteiger partial charge in [-0.25, -0.2) is 14.4 Å². The minimum Gasteiger partial charge on any atom is -0.366 e. The molecular formula is C23H16FN5O2S. The van der Waals surface area contributed by atoms with Crippen molar-refractivity contribution in [2.45, 2.75) is 13.3 Å². The van der Waals surface area contributed by atoms with E-state index >= 15 is 0 Å². The van der Waals surface area contributed by atoms with Crippen molar-refractivity contribution in [3.05, 3.63) is 81.4 Å². The number of nitrogens with zero attached hydrogens (tertiary/aromatic N) is 3. The molecule has 0 spiro atoms. The molecule has 4 rings (SSSR count). The van der Waals surface area contributed by atoms with Gasteiger partial charge in [0, 0.05) is 23.4 Å². The Hall–Kier alpha value is -4.16. The number of hydrogen-bond donors (Lipinski definition) is 2. The van der Waals surface area contributed by atoms with Gasteiger partial charge in [-0.1, -0.05) is 12.1 Å². The molecule has 0 aliphatic carbocycles. The molecule has 9 heteroatoms. The average Bonchev–Trinajstić information content (AvgIpc) is 3.12. The molecule has 0 radical (unpaired) electrons. The van der Waals surface area contributed by atoms with E-state index in [1.165, 1.54) is 23.5 Å². The number of primary amides is 2. The number of aromatic nitrogens is 2. The predicted molar refractivity (Wildman–Crippen MR) is 119 cm³/mol. The highest BCUT2D eigenvalue weighted by Gasteiger charge is 2.26. The van der Waals surface area contributed by atoms with Crippen LogP contribution in [0, 0.1) is 24.1 Å². The third-order valence-corrected chi connectivity index (χ3v) is 6.11. The van der Waals surface area contributed by atoms with Gasteiger partial charge in [-0.3, -0.25) is 9.59 Å². The number of thiazole rings is 1. The minimum absolute atomic E-state index is 0.0421. The lowest BCUT2D eigenvalue weighted by molar-refractivity contribution is 0.0996. The number of hydrogen-bond acceptors (Lipinski definition) is 6. The predicted octanol–water partition coefficient (Wildman–Crippen LogP) is 3.47. The molecule has 0 unspecified atom stereocenters. The van der Waals surface area contributed by atoms with Crippen LogP contribution in [-0.2, 0) is 6.42 Å². The fourth-order valence-electron chi connectivity index (χ4n) is 3.53. The van der Waals surface area contributed by atoms with Crippen molar-refractivity contribution in [2.75, 3.05) is 0 Å². The number of rotatable bonds is 5. The van der Waals surface area contributed by atoms with Crippen LogP contribution in [-0.4, -0.2) is 21.8 Å². The fourth-order valence-corrected chi connectivity index (χ4v) is 4.68. The van der Waals surface area contributed by atoms with Crippen LogP contribution in [0.4, 0.5) is 4.39 Å². The van der Waals surface area contributed by atoms with Gasteiger partial charge in [0.2, 0.25) is 5.91 Å². The quantitative estimate of drug-likeness (QED) is 0.485. The van der Waals surface area contributed by atoms with Crippen molar-refractivity contribution >= 4 is 34.1 Å². The largest absolute Gasteiger partial charge is 0.366 e. The number of amides is 2. The number of pyridine rings is 1. The van der Waals surface area contributed by atoms with Gasteiger partial charge in [0.05, 0.1) is 38.3 Å². The molecule has 0 aliphatic heterocycles. The SMILES string of the molecule is Cc1nc(Cc2ccc(C#N)cc2)sc1-c1c(C(N)=O)nc2cc(F)ccc2c1C(N)=O. The number of halogens is 1. The molecule has 0 saturated heterocycles. The Morgan fingerprint density at radius 1 is 1.09 bits per heavy atom. The Morgan fingerprint density at radius 3 is 2.44 bits per heavy atom. The fraction of sp³-hybridized carbons (Fsp3) is 0.0870. The first-order valence-electron chi connectivity index (χ1n) is 9.47. The molecule has 0 saturated carbocycles. The highest BCUT2D eigenvalue weighted by molar-refractivity contribution is 7.15. The molecule has 4 aromatic rings.